The predicted octanol–water partition coefficient (Wildman–Crippen LogP) is 2.93. The summed E-state index contributed by atoms with van der Waals surface area (Å²) in [6.07, 6.45) is 7.05. The van der Waals surface area contributed by atoms with Crippen molar-refractivity contribution in [2.24, 2.45) is 34.5 Å². The van der Waals surface area contributed by atoms with Gasteiger partial charge in [0.05, 0.1) is 12.2 Å². The molecule has 22 heavy (non-hydrogen) atoms. The van der Waals surface area contributed by atoms with Crippen molar-refractivity contribution in [3.8, 4) is 0 Å². The van der Waals surface area contributed by atoms with Gasteiger partial charge < -0.3 is 10.2 Å². The lowest BCUT2D eigenvalue weighted by Crippen LogP contribution is -2.61. The molecule has 0 spiro atoms. The van der Waals surface area contributed by atoms with Gasteiger partial charge in [0.1, 0.15) is 5.78 Å². The average Bonchev–Trinajstić information content (AvgIpc) is 2.74. The first-order valence-corrected chi connectivity index (χ1v) is 9.27. The summed E-state index contributed by atoms with van der Waals surface area (Å²) < 4.78 is 0. The smallest absolute Gasteiger partial charge is 0.136 e. The summed E-state index contributed by atoms with van der Waals surface area (Å²) in [6, 6.07) is 0. The van der Waals surface area contributed by atoms with Crippen LogP contribution in [0.4, 0.5) is 0 Å². The molecular weight excluding hydrogens is 276 g/mol. The van der Waals surface area contributed by atoms with Crippen LogP contribution >= 0.6 is 0 Å². The number of hydrogen-bond donors (Lipinski definition) is 2. The maximum absolute atomic E-state index is 12.8. The Morgan fingerprint density at radius 2 is 1.82 bits per heavy atom. The minimum absolute atomic E-state index is 0.00740. The van der Waals surface area contributed by atoms with E-state index in [9.17, 15) is 15.0 Å². The van der Waals surface area contributed by atoms with Gasteiger partial charge in [0.2, 0.25) is 0 Å². The number of ketones is 1. The molecule has 3 heteroatoms. The van der Waals surface area contributed by atoms with Crippen LogP contribution in [0.3, 0.4) is 0 Å². The second-order valence-corrected chi connectivity index (χ2v) is 9.14. The maximum atomic E-state index is 12.8. The SMILES string of the molecule is C[C@]12CCCC[C@@H]1C(=O)C[C@@H]1[C@@H]2[C@H](O)C[C@]2(C)[C@@H](O)CC[C@@H]12. The summed E-state index contributed by atoms with van der Waals surface area (Å²) in [7, 11) is 0. The number of hydrogen-bond acceptors (Lipinski definition) is 3. The standard InChI is InChI=1S/C19H30O3/c1-18-8-4-3-5-13(18)14(20)9-11-12-6-7-16(22)19(12,2)10-15(21)17(11)18/h11-13,15-17,21-22H,3-10H2,1-2H3/t11-,12-,13+,15+,16-,17+,18-,19-/m0/s1. The number of carbonyl (C=O) groups is 1. The zero-order chi connectivity index (χ0) is 15.7. The van der Waals surface area contributed by atoms with Crippen LogP contribution in [0.2, 0.25) is 0 Å². The Labute approximate surface area is 133 Å². The molecule has 4 fully saturated rings. The number of aliphatic hydroxyl groups excluding tert-OH is 2. The van der Waals surface area contributed by atoms with E-state index in [2.05, 4.69) is 13.8 Å². The van der Waals surface area contributed by atoms with E-state index in [-0.39, 0.29) is 40.8 Å². The lowest BCUT2D eigenvalue weighted by Gasteiger charge is -2.60. The van der Waals surface area contributed by atoms with E-state index in [0.717, 1.165) is 32.1 Å². The van der Waals surface area contributed by atoms with Crippen LogP contribution in [0, 0.1) is 34.5 Å². The third-order valence-electron chi connectivity index (χ3n) is 8.24. The number of carbonyl (C=O) groups excluding carboxylic acids is 1. The van der Waals surface area contributed by atoms with Gasteiger partial charge in [-0.15, -0.1) is 0 Å². The number of aliphatic hydroxyl groups is 2. The highest BCUT2D eigenvalue weighted by Gasteiger charge is 2.64. The van der Waals surface area contributed by atoms with Gasteiger partial charge in [0.15, 0.2) is 0 Å². The molecule has 0 aromatic carbocycles. The van der Waals surface area contributed by atoms with E-state index in [1.54, 1.807) is 0 Å². The van der Waals surface area contributed by atoms with Crippen molar-refractivity contribution in [1.82, 2.24) is 0 Å². The van der Waals surface area contributed by atoms with E-state index in [1.165, 1.54) is 12.8 Å². The van der Waals surface area contributed by atoms with Crippen molar-refractivity contribution in [2.45, 2.75) is 77.4 Å². The molecule has 0 bridgehead atoms. The molecule has 4 saturated carbocycles. The van der Waals surface area contributed by atoms with Crippen LogP contribution < -0.4 is 0 Å². The molecule has 0 aromatic heterocycles. The summed E-state index contributed by atoms with van der Waals surface area (Å²) in [5.41, 5.74) is -0.189. The zero-order valence-corrected chi connectivity index (χ0v) is 13.9. The first kappa shape index (κ1) is 15.1. The molecule has 8 atom stereocenters. The number of Topliss-reactive ketones (excluding diaryl/α,β-unsaturated/α-hetero) is 1. The van der Waals surface area contributed by atoms with Crippen molar-refractivity contribution in [1.29, 1.82) is 0 Å². The van der Waals surface area contributed by atoms with E-state index < -0.39 is 0 Å². The minimum Gasteiger partial charge on any atom is -0.393 e. The van der Waals surface area contributed by atoms with Gasteiger partial charge in [-0.2, -0.15) is 0 Å². The van der Waals surface area contributed by atoms with Crippen LogP contribution in [-0.2, 0) is 4.79 Å². The van der Waals surface area contributed by atoms with Crippen molar-refractivity contribution in [3.63, 3.8) is 0 Å². The van der Waals surface area contributed by atoms with Gasteiger partial charge in [-0.1, -0.05) is 26.7 Å². The molecule has 4 rings (SSSR count). The molecule has 0 aromatic rings. The Hall–Kier alpha value is -0.410. The molecule has 3 nitrogen and oxygen atoms in total. The molecular formula is C19H30O3. The predicted molar refractivity (Wildman–Crippen MR) is 84.1 cm³/mol. The molecule has 0 unspecified atom stereocenters. The fraction of sp³-hybridized carbons (Fsp3) is 0.947. The van der Waals surface area contributed by atoms with Gasteiger partial charge >= 0.3 is 0 Å². The Kier molecular flexibility index (Phi) is 3.30. The molecule has 2 N–H and O–H groups in total. The normalized spacial score (nSPS) is 57.9. The average molecular weight is 306 g/mol. The third-order valence-corrected chi connectivity index (χ3v) is 8.24. The van der Waals surface area contributed by atoms with Crippen LogP contribution in [0.1, 0.15) is 65.2 Å². The van der Waals surface area contributed by atoms with Gasteiger partial charge in [-0.3, -0.25) is 4.79 Å². The molecule has 0 radical (unpaired) electrons. The molecule has 4 aliphatic carbocycles. The summed E-state index contributed by atoms with van der Waals surface area (Å²) in [4.78, 5) is 12.8. The van der Waals surface area contributed by atoms with Crippen LogP contribution in [0.25, 0.3) is 0 Å². The number of rotatable bonds is 0. The van der Waals surface area contributed by atoms with E-state index >= 15 is 0 Å². The zero-order valence-electron chi connectivity index (χ0n) is 13.9. The van der Waals surface area contributed by atoms with Gasteiger partial charge in [0.25, 0.3) is 0 Å². The molecule has 0 aliphatic heterocycles. The highest BCUT2D eigenvalue weighted by Crippen LogP contribution is 2.65. The largest absolute Gasteiger partial charge is 0.393 e. The Bertz CT molecular complexity index is 489. The summed E-state index contributed by atoms with van der Waals surface area (Å²) in [5, 5.41) is 21.5. The molecule has 4 aliphatic rings. The molecule has 0 saturated heterocycles. The topological polar surface area (TPSA) is 57.5 Å². The van der Waals surface area contributed by atoms with Gasteiger partial charge in [0, 0.05) is 12.3 Å². The number of fused-ring (bicyclic) bond motifs is 5. The molecule has 0 amide bonds. The first-order valence-electron chi connectivity index (χ1n) is 9.27. The highest BCUT2D eigenvalue weighted by molar-refractivity contribution is 5.83. The lowest BCUT2D eigenvalue weighted by molar-refractivity contribution is -0.181. The Morgan fingerprint density at radius 1 is 1.05 bits per heavy atom. The molecule has 0 heterocycles. The molecule has 124 valence electrons. The van der Waals surface area contributed by atoms with E-state index in [1.807, 2.05) is 0 Å². The highest BCUT2D eigenvalue weighted by atomic mass is 16.3. The summed E-state index contributed by atoms with van der Waals surface area (Å²) >= 11 is 0. The Morgan fingerprint density at radius 3 is 2.59 bits per heavy atom. The van der Waals surface area contributed by atoms with E-state index in [4.69, 9.17) is 0 Å². The van der Waals surface area contributed by atoms with Crippen molar-refractivity contribution < 1.29 is 15.0 Å². The minimum atomic E-state index is -0.349. The second-order valence-electron chi connectivity index (χ2n) is 9.14. The van der Waals surface area contributed by atoms with Crippen molar-refractivity contribution in [3.05, 3.63) is 0 Å². The van der Waals surface area contributed by atoms with Crippen LogP contribution in [0.15, 0.2) is 0 Å². The van der Waals surface area contributed by atoms with Gasteiger partial charge in [-0.25, -0.2) is 0 Å². The van der Waals surface area contributed by atoms with Crippen molar-refractivity contribution in [2.75, 3.05) is 0 Å². The van der Waals surface area contributed by atoms with E-state index in [0.29, 0.717) is 18.1 Å². The Balaban J connectivity index is 1.75. The second kappa shape index (κ2) is 4.80. The fourth-order valence-corrected chi connectivity index (χ4v) is 7.21. The van der Waals surface area contributed by atoms with Gasteiger partial charge in [-0.05, 0) is 60.7 Å². The summed E-state index contributed by atoms with van der Waals surface area (Å²) in [5.74, 6) is 1.59. The lowest BCUT2D eigenvalue weighted by atomic mass is 9.44. The quantitative estimate of drug-likeness (QED) is 0.723. The maximum Gasteiger partial charge on any atom is 0.136 e. The third kappa shape index (κ3) is 1.78. The van der Waals surface area contributed by atoms with Crippen LogP contribution in [-0.4, -0.2) is 28.2 Å². The monoisotopic (exact) mass is 306 g/mol. The van der Waals surface area contributed by atoms with Crippen molar-refractivity contribution >= 4 is 5.78 Å². The van der Waals surface area contributed by atoms with Crippen LogP contribution in [0.5, 0.6) is 0 Å². The fourth-order valence-electron chi connectivity index (χ4n) is 7.21. The summed E-state index contributed by atoms with van der Waals surface area (Å²) in [6.45, 7) is 4.43. The first-order chi connectivity index (χ1) is 10.4.